The fourth-order valence-corrected chi connectivity index (χ4v) is 2.87. The predicted octanol–water partition coefficient (Wildman–Crippen LogP) is -0.726. The summed E-state index contributed by atoms with van der Waals surface area (Å²) in [5, 5.41) is 5.47. The SMILES string of the molecule is Cc1[nH]c(=O)[nH]c(=O)c1CCC(=O)Nc1ccc(N2CCNC(=O)C2)nc1. The Morgan fingerprint density at radius 3 is 2.74 bits per heavy atom. The Balaban J connectivity index is 1.57. The van der Waals surface area contributed by atoms with Crippen LogP contribution in [0.2, 0.25) is 0 Å². The van der Waals surface area contributed by atoms with E-state index in [1.807, 2.05) is 4.90 Å². The first kappa shape index (κ1) is 18.4. The molecule has 0 aliphatic carbocycles. The van der Waals surface area contributed by atoms with Gasteiger partial charge in [-0.15, -0.1) is 0 Å². The number of hydrogen-bond acceptors (Lipinski definition) is 6. The lowest BCUT2D eigenvalue weighted by atomic mass is 10.1. The van der Waals surface area contributed by atoms with E-state index in [0.29, 0.717) is 35.9 Å². The molecular formula is C17H20N6O4. The highest BCUT2D eigenvalue weighted by atomic mass is 16.2. The van der Waals surface area contributed by atoms with E-state index in [9.17, 15) is 19.2 Å². The van der Waals surface area contributed by atoms with Crippen LogP contribution in [0.25, 0.3) is 0 Å². The van der Waals surface area contributed by atoms with Crippen LogP contribution >= 0.6 is 0 Å². The van der Waals surface area contributed by atoms with Gasteiger partial charge in [-0.3, -0.25) is 19.4 Å². The maximum atomic E-state index is 12.1. The molecule has 1 saturated heterocycles. The second kappa shape index (κ2) is 7.85. The smallest absolute Gasteiger partial charge is 0.325 e. The number of rotatable bonds is 5. The van der Waals surface area contributed by atoms with Crippen molar-refractivity contribution in [2.75, 3.05) is 29.9 Å². The minimum atomic E-state index is -0.567. The van der Waals surface area contributed by atoms with Crippen molar-refractivity contribution in [3.63, 3.8) is 0 Å². The van der Waals surface area contributed by atoms with E-state index in [2.05, 4.69) is 25.6 Å². The number of anilines is 2. The standard InChI is InChI=1S/C17H20N6O4/c1-10-12(16(26)22-17(27)20-10)3-5-14(24)21-11-2-4-13(19-8-11)23-7-6-18-15(25)9-23/h2,4,8H,3,5-7,9H2,1H3,(H,18,25)(H,21,24)(H2,20,22,26,27). The number of nitrogens with zero attached hydrogens (tertiary/aromatic N) is 2. The lowest BCUT2D eigenvalue weighted by Gasteiger charge is -2.27. The van der Waals surface area contributed by atoms with Gasteiger partial charge in [-0.2, -0.15) is 0 Å². The first-order chi connectivity index (χ1) is 12.9. The van der Waals surface area contributed by atoms with Crippen LogP contribution in [-0.4, -0.2) is 46.4 Å². The molecular weight excluding hydrogens is 352 g/mol. The summed E-state index contributed by atoms with van der Waals surface area (Å²) in [7, 11) is 0. The molecule has 3 rings (SSSR count). The number of hydrogen-bond donors (Lipinski definition) is 4. The van der Waals surface area contributed by atoms with Crippen LogP contribution in [0.4, 0.5) is 11.5 Å². The van der Waals surface area contributed by atoms with Gasteiger partial charge < -0.3 is 20.5 Å². The number of carbonyl (C=O) groups is 2. The number of aromatic nitrogens is 3. The Bertz CT molecular complexity index is 963. The summed E-state index contributed by atoms with van der Waals surface area (Å²) in [6, 6.07) is 3.45. The Labute approximate surface area is 154 Å². The van der Waals surface area contributed by atoms with Crippen molar-refractivity contribution in [2.45, 2.75) is 19.8 Å². The number of piperazine rings is 1. The molecule has 10 heteroatoms. The van der Waals surface area contributed by atoms with Crippen molar-refractivity contribution in [1.29, 1.82) is 0 Å². The van der Waals surface area contributed by atoms with Crippen molar-refractivity contribution >= 4 is 23.3 Å². The molecule has 2 amide bonds. The first-order valence-corrected chi connectivity index (χ1v) is 8.52. The predicted molar refractivity (Wildman–Crippen MR) is 98.8 cm³/mol. The third kappa shape index (κ3) is 4.60. The third-order valence-corrected chi connectivity index (χ3v) is 4.25. The second-order valence-electron chi connectivity index (χ2n) is 6.24. The number of pyridine rings is 1. The van der Waals surface area contributed by atoms with Gasteiger partial charge in [0.25, 0.3) is 5.56 Å². The van der Waals surface area contributed by atoms with Crippen molar-refractivity contribution < 1.29 is 9.59 Å². The molecule has 1 fully saturated rings. The minimum absolute atomic E-state index is 0.0482. The van der Waals surface area contributed by atoms with Crippen LogP contribution in [0.15, 0.2) is 27.9 Å². The molecule has 27 heavy (non-hydrogen) atoms. The lowest BCUT2D eigenvalue weighted by molar-refractivity contribution is -0.120. The van der Waals surface area contributed by atoms with E-state index in [4.69, 9.17) is 0 Å². The molecule has 2 aromatic rings. The normalized spacial score (nSPS) is 14.0. The average molecular weight is 372 g/mol. The molecule has 0 aromatic carbocycles. The molecule has 142 valence electrons. The van der Waals surface area contributed by atoms with Gasteiger partial charge in [0.1, 0.15) is 5.82 Å². The lowest BCUT2D eigenvalue weighted by Crippen LogP contribution is -2.48. The van der Waals surface area contributed by atoms with Gasteiger partial charge in [0.2, 0.25) is 11.8 Å². The second-order valence-corrected chi connectivity index (χ2v) is 6.24. The Morgan fingerprint density at radius 2 is 2.07 bits per heavy atom. The summed E-state index contributed by atoms with van der Waals surface area (Å²) in [6.45, 7) is 3.12. The number of carbonyl (C=O) groups excluding carboxylic acids is 2. The molecule has 10 nitrogen and oxygen atoms in total. The Kier molecular flexibility index (Phi) is 5.34. The van der Waals surface area contributed by atoms with E-state index in [-0.39, 0.29) is 31.2 Å². The van der Waals surface area contributed by atoms with Crippen molar-refractivity contribution in [3.8, 4) is 0 Å². The van der Waals surface area contributed by atoms with E-state index in [1.165, 1.54) is 6.20 Å². The summed E-state index contributed by atoms with van der Waals surface area (Å²) in [4.78, 5) is 57.3. The molecule has 0 saturated carbocycles. The Hall–Kier alpha value is -3.43. The van der Waals surface area contributed by atoms with Gasteiger partial charge in [0.15, 0.2) is 0 Å². The van der Waals surface area contributed by atoms with Crippen molar-refractivity contribution in [3.05, 3.63) is 50.4 Å². The van der Waals surface area contributed by atoms with Gasteiger partial charge in [0.05, 0.1) is 18.4 Å². The number of H-pyrrole nitrogens is 2. The molecule has 0 atom stereocenters. The fourth-order valence-electron chi connectivity index (χ4n) is 2.87. The van der Waals surface area contributed by atoms with Gasteiger partial charge in [-0.1, -0.05) is 0 Å². The molecule has 0 radical (unpaired) electrons. The Morgan fingerprint density at radius 1 is 1.26 bits per heavy atom. The summed E-state index contributed by atoms with van der Waals surface area (Å²) in [6.07, 6.45) is 1.82. The highest BCUT2D eigenvalue weighted by molar-refractivity contribution is 5.90. The van der Waals surface area contributed by atoms with Crippen molar-refractivity contribution in [2.24, 2.45) is 0 Å². The van der Waals surface area contributed by atoms with Crippen LogP contribution < -0.4 is 26.8 Å². The summed E-state index contributed by atoms with van der Waals surface area (Å²) < 4.78 is 0. The van der Waals surface area contributed by atoms with Gasteiger partial charge in [0, 0.05) is 30.8 Å². The maximum absolute atomic E-state index is 12.1. The number of aryl methyl sites for hydroxylation is 1. The number of amides is 2. The monoisotopic (exact) mass is 372 g/mol. The van der Waals surface area contributed by atoms with E-state index >= 15 is 0 Å². The molecule has 0 unspecified atom stereocenters. The average Bonchev–Trinajstić information content (AvgIpc) is 2.61. The van der Waals surface area contributed by atoms with E-state index < -0.39 is 11.2 Å². The van der Waals surface area contributed by atoms with E-state index in [0.717, 1.165) is 0 Å². The third-order valence-electron chi connectivity index (χ3n) is 4.25. The number of aromatic amines is 2. The van der Waals surface area contributed by atoms with Crippen LogP contribution in [0, 0.1) is 6.92 Å². The van der Waals surface area contributed by atoms with Gasteiger partial charge in [-0.25, -0.2) is 9.78 Å². The largest absolute Gasteiger partial charge is 0.353 e. The molecule has 2 aromatic heterocycles. The van der Waals surface area contributed by atoms with Crippen LogP contribution in [0.1, 0.15) is 17.7 Å². The topological polar surface area (TPSA) is 140 Å². The zero-order chi connectivity index (χ0) is 19.4. The molecule has 0 bridgehead atoms. The minimum Gasteiger partial charge on any atom is -0.353 e. The summed E-state index contributed by atoms with van der Waals surface area (Å²) in [5.74, 6) is 0.345. The molecule has 0 spiro atoms. The highest BCUT2D eigenvalue weighted by Gasteiger charge is 2.17. The van der Waals surface area contributed by atoms with Gasteiger partial charge >= 0.3 is 5.69 Å². The molecule has 1 aliphatic heterocycles. The zero-order valence-electron chi connectivity index (χ0n) is 14.8. The first-order valence-electron chi connectivity index (χ1n) is 8.52. The number of nitrogens with one attached hydrogen (secondary N) is 4. The van der Waals surface area contributed by atoms with Crippen LogP contribution in [-0.2, 0) is 16.0 Å². The zero-order valence-corrected chi connectivity index (χ0v) is 14.8. The quantitative estimate of drug-likeness (QED) is 0.546. The van der Waals surface area contributed by atoms with Crippen LogP contribution in [0.3, 0.4) is 0 Å². The summed E-state index contributed by atoms with van der Waals surface area (Å²) in [5.41, 5.74) is 0.302. The highest BCUT2D eigenvalue weighted by Crippen LogP contribution is 2.15. The molecule has 3 heterocycles. The molecule has 1 aliphatic rings. The van der Waals surface area contributed by atoms with Crippen LogP contribution in [0.5, 0.6) is 0 Å². The van der Waals surface area contributed by atoms with E-state index in [1.54, 1.807) is 19.1 Å². The molecule has 4 N–H and O–H groups in total. The maximum Gasteiger partial charge on any atom is 0.325 e. The fraction of sp³-hybridized carbons (Fsp3) is 0.353. The van der Waals surface area contributed by atoms with Crippen molar-refractivity contribution in [1.82, 2.24) is 20.3 Å². The summed E-state index contributed by atoms with van der Waals surface area (Å²) >= 11 is 0. The van der Waals surface area contributed by atoms with Gasteiger partial charge in [-0.05, 0) is 25.5 Å².